The third-order valence-electron chi connectivity index (χ3n) is 1.09. The quantitative estimate of drug-likeness (QED) is 0.473. The number of rotatable bonds is 3. The van der Waals surface area contributed by atoms with E-state index >= 15 is 0 Å². The van der Waals surface area contributed by atoms with Crippen LogP contribution in [0, 0.1) is 0 Å². The summed E-state index contributed by atoms with van der Waals surface area (Å²) in [5, 5.41) is 0. The summed E-state index contributed by atoms with van der Waals surface area (Å²) in [7, 11) is 0. The van der Waals surface area contributed by atoms with Crippen molar-refractivity contribution in [3.8, 4) is 0 Å². The monoisotopic (exact) mass is 176 g/mol. The van der Waals surface area contributed by atoms with Crippen molar-refractivity contribution in [1.29, 1.82) is 0 Å². The van der Waals surface area contributed by atoms with E-state index in [2.05, 4.69) is 0 Å². The van der Waals surface area contributed by atoms with Crippen molar-refractivity contribution in [2.24, 2.45) is 0 Å². The third kappa shape index (κ3) is 1.66. The molecule has 0 saturated heterocycles. The van der Waals surface area contributed by atoms with Crippen LogP contribution in [0.3, 0.4) is 0 Å². The van der Waals surface area contributed by atoms with Crippen LogP contribution in [0.4, 0.5) is 22.0 Å². The molecule has 0 fully saturated rings. The molecule has 66 valence electrons. The lowest BCUT2D eigenvalue weighted by atomic mass is 10.1. The second-order valence-corrected chi connectivity index (χ2v) is 1.98. The molecule has 1 unspecified atom stereocenters. The molecule has 0 heterocycles. The Bertz CT molecular complexity index is 153. The second-order valence-electron chi connectivity index (χ2n) is 1.98. The summed E-state index contributed by atoms with van der Waals surface area (Å²) in [4.78, 5) is 9.38. The van der Waals surface area contributed by atoms with E-state index in [9.17, 15) is 26.7 Å². The van der Waals surface area contributed by atoms with Crippen LogP contribution in [0.15, 0.2) is 0 Å². The van der Waals surface area contributed by atoms with Crippen LogP contribution in [0.25, 0.3) is 0 Å². The maximum absolute atomic E-state index is 12.0. The van der Waals surface area contributed by atoms with Gasteiger partial charge in [0.1, 0.15) is 0 Å². The smallest absolute Gasteiger partial charge is 0.296 e. The Hall–Kier alpha value is -0.680. The standard InChI is InChI=1S/C5H5F5O/c1-3(6)5(9,10)4(7,8)2-11/h2-3H,1H3. The minimum absolute atomic E-state index is 0.261. The predicted molar refractivity (Wildman–Crippen MR) is 26.5 cm³/mol. The molecular formula is C5H5F5O. The Labute approximate surface area is 59.2 Å². The molecule has 0 spiro atoms. The van der Waals surface area contributed by atoms with Crippen LogP contribution < -0.4 is 0 Å². The van der Waals surface area contributed by atoms with Crippen molar-refractivity contribution in [1.82, 2.24) is 0 Å². The van der Waals surface area contributed by atoms with Crippen molar-refractivity contribution >= 4 is 6.29 Å². The fourth-order valence-corrected chi connectivity index (χ4v) is 0.344. The van der Waals surface area contributed by atoms with E-state index in [0.717, 1.165) is 0 Å². The molecule has 0 aliphatic rings. The highest BCUT2D eigenvalue weighted by Gasteiger charge is 2.60. The Morgan fingerprint density at radius 3 is 1.73 bits per heavy atom. The predicted octanol–water partition coefficient (Wildman–Crippen LogP) is 1.81. The van der Waals surface area contributed by atoms with Crippen LogP contribution in [-0.4, -0.2) is 24.3 Å². The number of carbonyl (C=O) groups is 1. The summed E-state index contributed by atoms with van der Waals surface area (Å²) in [5.74, 6) is -9.85. The van der Waals surface area contributed by atoms with Crippen molar-refractivity contribution in [3.63, 3.8) is 0 Å². The van der Waals surface area contributed by atoms with Gasteiger partial charge >= 0.3 is 11.8 Å². The average molecular weight is 176 g/mol. The molecule has 0 aromatic rings. The number of hydrogen-bond acceptors (Lipinski definition) is 1. The molecular weight excluding hydrogens is 171 g/mol. The molecule has 6 heteroatoms. The average Bonchev–Trinajstić information content (AvgIpc) is 1.87. The Morgan fingerprint density at radius 1 is 1.27 bits per heavy atom. The second kappa shape index (κ2) is 2.75. The summed E-state index contributed by atoms with van der Waals surface area (Å²) < 4.78 is 59.4. The summed E-state index contributed by atoms with van der Waals surface area (Å²) in [6.07, 6.45) is -4.31. The lowest BCUT2D eigenvalue weighted by Gasteiger charge is -2.22. The maximum atomic E-state index is 12.0. The van der Waals surface area contributed by atoms with E-state index in [1.54, 1.807) is 0 Å². The van der Waals surface area contributed by atoms with Gasteiger partial charge in [0.15, 0.2) is 12.5 Å². The minimum atomic E-state index is -4.93. The first-order valence-corrected chi connectivity index (χ1v) is 2.61. The first-order valence-electron chi connectivity index (χ1n) is 2.61. The fraction of sp³-hybridized carbons (Fsp3) is 0.800. The first kappa shape index (κ1) is 10.3. The normalized spacial score (nSPS) is 16.2. The number of alkyl halides is 5. The molecule has 1 atom stereocenters. The summed E-state index contributed by atoms with van der Waals surface area (Å²) >= 11 is 0. The van der Waals surface area contributed by atoms with Crippen molar-refractivity contribution < 1.29 is 26.7 Å². The molecule has 0 radical (unpaired) electrons. The zero-order valence-corrected chi connectivity index (χ0v) is 5.45. The van der Waals surface area contributed by atoms with E-state index in [-0.39, 0.29) is 6.92 Å². The SMILES string of the molecule is CC(F)C(F)(F)C(F)(F)C=O. The van der Waals surface area contributed by atoms with Crippen LogP contribution in [0.1, 0.15) is 6.92 Å². The van der Waals surface area contributed by atoms with E-state index in [1.165, 1.54) is 0 Å². The Kier molecular flexibility index (Phi) is 2.58. The number of hydrogen-bond donors (Lipinski definition) is 0. The largest absolute Gasteiger partial charge is 0.367 e. The Morgan fingerprint density at radius 2 is 1.64 bits per heavy atom. The highest BCUT2D eigenvalue weighted by atomic mass is 19.3. The van der Waals surface area contributed by atoms with Crippen LogP contribution in [0.5, 0.6) is 0 Å². The number of carbonyl (C=O) groups excluding carboxylic acids is 1. The molecule has 0 aliphatic heterocycles. The third-order valence-corrected chi connectivity index (χ3v) is 1.09. The van der Waals surface area contributed by atoms with Gasteiger partial charge in [-0.15, -0.1) is 0 Å². The minimum Gasteiger partial charge on any atom is -0.296 e. The molecule has 11 heavy (non-hydrogen) atoms. The van der Waals surface area contributed by atoms with Gasteiger partial charge < -0.3 is 0 Å². The van der Waals surface area contributed by atoms with Gasteiger partial charge in [-0.3, -0.25) is 4.79 Å². The van der Waals surface area contributed by atoms with Gasteiger partial charge in [0.05, 0.1) is 0 Å². The van der Waals surface area contributed by atoms with Gasteiger partial charge in [0, 0.05) is 0 Å². The van der Waals surface area contributed by atoms with Gasteiger partial charge in [-0.25, -0.2) is 4.39 Å². The van der Waals surface area contributed by atoms with Gasteiger partial charge in [0.25, 0.3) is 0 Å². The fourth-order valence-electron chi connectivity index (χ4n) is 0.344. The molecule has 0 rings (SSSR count). The maximum Gasteiger partial charge on any atom is 0.367 e. The molecule has 0 bridgehead atoms. The molecule has 0 aliphatic carbocycles. The summed E-state index contributed by atoms with van der Waals surface area (Å²) in [6.45, 7) is 0.261. The zero-order valence-electron chi connectivity index (χ0n) is 5.45. The molecule has 0 aromatic carbocycles. The zero-order chi connectivity index (χ0) is 9.28. The van der Waals surface area contributed by atoms with Gasteiger partial charge in [-0.05, 0) is 6.92 Å². The Balaban J connectivity index is 4.66. The van der Waals surface area contributed by atoms with E-state index in [1.807, 2.05) is 0 Å². The van der Waals surface area contributed by atoms with Gasteiger partial charge in [-0.1, -0.05) is 0 Å². The molecule has 0 amide bonds. The van der Waals surface area contributed by atoms with Gasteiger partial charge in [0.2, 0.25) is 0 Å². The summed E-state index contributed by atoms with van der Waals surface area (Å²) in [6, 6.07) is 0. The van der Waals surface area contributed by atoms with E-state index in [0.29, 0.717) is 0 Å². The van der Waals surface area contributed by atoms with Crippen molar-refractivity contribution in [3.05, 3.63) is 0 Å². The van der Waals surface area contributed by atoms with Crippen molar-refractivity contribution in [2.45, 2.75) is 24.9 Å². The first-order chi connectivity index (χ1) is 4.75. The lowest BCUT2D eigenvalue weighted by Crippen LogP contribution is -2.47. The highest BCUT2D eigenvalue weighted by molar-refractivity contribution is 5.61. The van der Waals surface area contributed by atoms with Crippen LogP contribution >= 0.6 is 0 Å². The molecule has 0 saturated carbocycles. The van der Waals surface area contributed by atoms with E-state index in [4.69, 9.17) is 0 Å². The lowest BCUT2D eigenvalue weighted by molar-refractivity contribution is -0.220. The van der Waals surface area contributed by atoms with Gasteiger partial charge in [-0.2, -0.15) is 17.6 Å². The van der Waals surface area contributed by atoms with E-state index < -0.39 is 24.3 Å². The highest BCUT2D eigenvalue weighted by Crippen LogP contribution is 2.36. The molecule has 0 aromatic heterocycles. The number of aldehydes is 1. The molecule has 1 nitrogen and oxygen atoms in total. The van der Waals surface area contributed by atoms with Crippen molar-refractivity contribution in [2.75, 3.05) is 0 Å². The topological polar surface area (TPSA) is 17.1 Å². The van der Waals surface area contributed by atoms with Crippen LogP contribution in [0.2, 0.25) is 0 Å². The molecule has 0 N–H and O–H groups in total. The van der Waals surface area contributed by atoms with Crippen LogP contribution in [-0.2, 0) is 4.79 Å². The number of halogens is 5. The summed E-state index contributed by atoms with van der Waals surface area (Å²) in [5.41, 5.74) is 0.